The minimum absolute atomic E-state index is 0.793. The van der Waals surface area contributed by atoms with Crippen LogP contribution in [0, 0.1) is 12.8 Å². The summed E-state index contributed by atoms with van der Waals surface area (Å²) < 4.78 is 0. The fourth-order valence-corrected chi connectivity index (χ4v) is 0.976. The molecule has 0 aromatic carbocycles. The molecule has 0 aliphatic heterocycles. The first-order chi connectivity index (χ1) is 4.81. The van der Waals surface area contributed by atoms with Crippen molar-refractivity contribution in [1.29, 1.82) is 0 Å². The molecule has 1 atom stereocenters. The fourth-order valence-electron chi connectivity index (χ4n) is 0.976. The van der Waals surface area contributed by atoms with Crippen LogP contribution in [0.5, 0.6) is 0 Å². The van der Waals surface area contributed by atoms with Crippen molar-refractivity contribution in [3.8, 4) is 0 Å². The first-order valence-corrected chi connectivity index (χ1v) is 4.12. The summed E-state index contributed by atoms with van der Waals surface area (Å²) in [4.78, 5) is 0. The maximum absolute atomic E-state index is 5.42. The maximum Gasteiger partial charge on any atom is -0.0348 e. The summed E-state index contributed by atoms with van der Waals surface area (Å²) in [7, 11) is 0. The third-order valence-corrected chi connectivity index (χ3v) is 1.72. The Morgan fingerprint density at radius 2 is 2.10 bits per heavy atom. The summed E-state index contributed by atoms with van der Waals surface area (Å²) >= 11 is 0. The quantitative estimate of drug-likeness (QED) is 0.510. The molecule has 58 valence electrons. The Balaban J connectivity index is 3.12. The first-order valence-electron chi connectivity index (χ1n) is 4.12. The van der Waals surface area contributed by atoms with E-state index in [0.717, 1.165) is 18.8 Å². The van der Waals surface area contributed by atoms with Gasteiger partial charge >= 0.3 is 0 Å². The first kappa shape index (κ1) is 9.74. The molecule has 0 saturated carbocycles. The third kappa shape index (κ3) is 5.87. The summed E-state index contributed by atoms with van der Waals surface area (Å²) in [5.41, 5.74) is 0. The lowest BCUT2D eigenvalue weighted by atomic mass is 10.0. The third-order valence-electron chi connectivity index (χ3n) is 1.72. The molecule has 0 aromatic rings. The van der Waals surface area contributed by atoms with Crippen LogP contribution in [-0.4, -0.2) is 0 Å². The molecule has 0 aliphatic rings. The van der Waals surface area contributed by atoms with E-state index in [9.17, 15) is 0 Å². The summed E-state index contributed by atoms with van der Waals surface area (Å²) in [6, 6.07) is 0. The molecule has 0 fully saturated rings. The lowest BCUT2D eigenvalue weighted by Crippen LogP contribution is -1.91. The van der Waals surface area contributed by atoms with Crippen molar-refractivity contribution in [2.24, 2.45) is 5.92 Å². The Hall–Kier alpha value is -0.260. The Morgan fingerprint density at radius 3 is 2.60 bits per heavy atom. The predicted octanol–water partition coefficient (Wildman–Crippen LogP) is 3.47. The molecule has 1 unspecified atom stereocenters. The van der Waals surface area contributed by atoms with Crippen LogP contribution >= 0.6 is 0 Å². The van der Waals surface area contributed by atoms with E-state index in [0.29, 0.717) is 0 Å². The van der Waals surface area contributed by atoms with Crippen LogP contribution in [0.4, 0.5) is 0 Å². The van der Waals surface area contributed by atoms with Gasteiger partial charge in [0.1, 0.15) is 0 Å². The summed E-state index contributed by atoms with van der Waals surface area (Å²) in [6.45, 7) is 9.74. The zero-order chi connectivity index (χ0) is 7.82. The molecule has 0 nitrogen and oxygen atoms in total. The average molecular weight is 138 g/mol. The molecular formula is C10H18. The van der Waals surface area contributed by atoms with Gasteiger partial charge in [0.25, 0.3) is 0 Å². The highest BCUT2D eigenvalue weighted by Crippen LogP contribution is 2.11. The van der Waals surface area contributed by atoms with Gasteiger partial charge in [-0.3, -0.25) is 0 Å². The Labute approximate surface area is 65.3 Å². The lowest BCUT2D eigenvalue weighted by molar-refractivity contribution is 0.501. The highest BCUT2D eigenvalue weighted by Gasteiger charge is 1.96. The van der Waals surface area contributed by atoms with E-state index >= 15 is 0 Å². The van der Waals surface area contributed by atoms with Crippen molar-refractivity contribution in [2.45, 2.75) is 39.5 Å². The number of hydrogen-bond acceptors (Lipinski definition) is 0. The predicted molar refractivity (Wildman–Crippen MR) is 46.7 cm³/mol. The monoisotopic (exact) mass is 138 g/mol. The van der Waals surface area contributed by atoms with E-state index in [2.05, 4.69) is 26.0 Å². The van der Waals surface area contributed by atoms with Crippen molar-refractivity contribution in [2.75, 3.05) is 0 Å². The van der Waals surface area contributed by atoms with Crippen LogP contribution in [0.1, 0.15) is 39.5 Å². The van der Waals surface area contributed by atoms with Crippen LogP contribution in [0.3, 0.4) is 0 Å². The smallest absolute Gasteiger partial charge is 0.0348 e. The van der Waals surface area contributed by atoms with Crippen LogP contribution in [0.2, 0.25) is 0 Å². The standard InChI is InChI=1S/C10H18/c1-4-6-7-9-10(3)8-5-2/h2,4,6,10H,5,7-9H2,1,3H3. The van der Waals surface area contributed by atoms with Gasteiger partial charge in [0.15, 0.2) is 0 Å². The molecule has 0 spiro atoms. The van der Waals surface area contributed by atoms with Gasteiger partial charge in [-0.2, -0.15) is 0 Å². The molecule has 0 aromatic heterocycles. The summed E-state index contributed by atoms with van der Waals surface area (Å²) in [5.74, 6) is 0.793. The van der Waals surface area contributed by atoms with E-state index < -0.39 is 0 Å². The number of hydrogen-bond donors (Lipinski definition) is 0. The van der Waals surface area contributed by atoms with Gasteiger partial charge in [-0.25, -0.2) is 0 Å². The minimum Gasteiger partial charge on any atom is -0.0917 e. The largest absolute Gasteiger partial charge is 0.0917 e. The Kier molecular flexibility index (Phi) is 6.68. The molecule has 0 bridgehead atoms. The topological polar surface area (TPSA) is 0 Å². The van der Waals surface area contributed by atoms with E-state index in [-0.39, 0.29) is 0 Å². The van der Waals surface area contributed by atoms with Gasteiger partial charge in [-0.1, -0.05) is 25.5 Å². The molecule has 0 saturated heterocycles. The van der Waals surface area contributed by atoms with Gasteiger partial charge < -0.3 is 0 Å². The van der Waals surface area contributed by atoms with Crippen molar-refractivity contribution in [3.05, 3.63) is 19.1 Å². The van der Waals surface area contributed by atoms with Crippen LogP contribution < -0.4 is 0 Å². The molecule has 0 amide bonds. The fraction of sp³-hybridized carbons (Fsp3) is 0.700. The number of allylic oxidation sites excluding steroid dienone is 2. The van der Waals surface area contributed by atoms with E-state index in [1.807, 2.05) is 0 Å². The van der Waals surface area contributed by atoms with Crippen molar-refractivity contribution in [3.63, 3.8) is 0 Å². The number of rotatable bonds is 5. The summed E-state index contributed by atoms with van der Waals surface area (Å²) in [6.07, 6.45) is 8.80. The van der Waals surface area contributed by atoms with Crippen molar-refractivity contribution < 1.29 is 0 Å². The Morgan fingerprint density at radius 1 is 1.40 bits per heavy atom. The summed E-state index contributed by atoms with van der Waals surface area (Å²) in [5, 5.41) is 0. The highest BCUT2D eigenvalue weighted by molar-refractivity contribution is 4.77. The average Bonchev–Trinajstić information content (AvgIpc) is 1.89. The molecular weight excluding hydrogens is 120 g/mol. The molecule has 0 N–H and O–H groups in total. The van der Waals surface area contributed by atoms with Crippen LogP contribution in [0.15, 0.2) is 12.2 Å². The van der Waals surface area contributed by atoms with Gasteiger partial charge in [0.05, 0.1) is 0 Å². The van der Waals surface area contributed by atoms with Crippen molar-refractivity contribution >= 4 is 0 Å². The maximum atomic E-state index is 5.42. The normalized spacial score (nSPS) is 14.3. The van der Waals surface area contributed by atoms with Gasteiger partial charge in [-0.15, -0.1) is 0 Å². The minimum atomic E-state index is 0.793. The molecule has 0 aliphatic carbocycles. The van der Waals surface area contributed by atoms with Gasteiger partial charge in [0, 0.05) is 0 Å². The van der Waals surface area contributed by atoms with Crippen LogP contribution in [0.25, 0.3) is 0 Å². The zero-order valence-corrected chi connectivity index (χ0v) is 7.14. The Bertz CT molecular complexity index is 82.0. The molecule has 0 heterocycles. The highest BCUT2D eigenvalue weighted by atomic mass is 14.0. The van der Waals surface area contributed by atoms with Crippen LogP contribution in [-0.2, 0) is 0 Å². The van der Waals surface area contributed by atoms with E-state index in [1.165, 1.54) is 12.8 Å². The zero-order valence-electron chi connectivity index (χ0n) is 7.14. The molecule has 2 radical (unpaired) electrons. The SMILES string of the molecule is [CH]CCC(C)CCC=CC. The van der Waals surface area contributed by atoms with E-state index in [4.69, 9.17) is 6.92 Å². The molecule has 0 rings (SSSR count). The van der Waals surface area contributed by atoms with Crippen molar-refractivity contribution in [1.82, 2.24) is 0 Å². The molecule has 10 heavy (non-hydrogen) atoms. The van der Waals surface area contributed by atoms with E-state index in [1.54, 1.807) is 0 Å². The second kappa shape index (κ2) is 6.85. The van der Waals surface area contributed by atoms with Gasteiger partial charge in [-0.05, 0) is 39.0 Å². The van der Waals surface area contributed by atoms with Gasteiger partial charge in [0.2, 0.25) is 0 Å². The molecule has 0 heteroatoms. The second-order valence-electron chi connectivity index (χ2n) is 2.83. The lowest BCUT2D eigenvalue weighted by Gasteiger charge is -2.06. The second-order valence-corrected chi connectivity index (χ2v) is 2.83.